The Morgan fingerprint density at radius 1 is 0.261 bits per heavy atom. The first-order chi connectivity index (χ1) is 22.6. The fourth-order valence-corrected chi connectivity index (χ4v) is 7.56. The minimum atomic E-state index is 0.372. The molecule has 0 bridgehead atoms. The van der Waals surface area contributed by atoms with E-state index in [4.69, 9.17) is 0 Å². The van der Waals surface area contributed by atoms with Gasteiger partial charge in [0.25, 0.3) is 0 Å². The van der Waals surface area contributed by atoms with Gasteiger partial charge in [-0.15, -0.1) is 0 Å². The molecule has 278 valence electrons. The molecule has 0 unspecified atom stereocenters. The van der Waals surface area contributed by atoms with Crippen LogP contribution < -0.4 is 0 Å². The first-order valence-electron chi connectivity index (χ1n) is 22.3. The van der Waals surface area contributed by atoms with Crippen LogP contribution >= 0.6 is 0 Å². The van der Waals surface area contributed by atoms with Crippen molar-refractivity contribution in [2.75, 3.05) is 13.1 Å². The zero-order chi connectivity index (χ0) is 33.7. The van der Waals surface area contributed by atoms with Crippen LogP contribution in [-0.2, 0) is 0 Å². The molecule has 0 aliphatic rings. The van der Waals surface area contributed by atoms with E-state index in [1.807, 2.05) is 0 Å². The quantitative estimate of drug-likeness (QED) is 0.0598. The molecule has 0 atom stereocenters. The van der Waals surface area contributed by atoms with Gasteiger partial charge in [0.05, 0.1) is 0 Å². The van der Waals surface area contributed by atoms with Crippen molar-refractivity contribution in [1.29, 1.82) is 0 Å². The average Bonchev–Trinajstić information content (AvgIpc) is 3.05. The smallest absolute Gasteiger partial charge is 0.0153 e. The second-order valence-electron chi connectivity index (χ2n) is 16.2. The molecule has 0 fully saturated rings. The molecular weight excluding hydrogens is 555 g/mol. The fraction of sp³-hybridized carbons (Fsp3) is 1.00. The van der Waals surface area contributed by atoms with Crippen LogP contribution in [0.25, 0.3) is 0 Å². The maximum absolute atomic E-state index is 2.92. The Labute approximate surface area is 295 Å². The van der Waals surface area contributed by atoms with Crippen LogP contribution in [0.1, 0.15) is 272 Å². The van der Waals surface area contributed by atoms with E-state index in [2.05, 4.69) is 39.5 Å². The SMILES string of the molecule is CCCCCCCCCCCCCCCCCN(CCCCCCCCCCCCCCCCC)C(C)(C)CCCCCCCC. The van der Waals surface area contributed by atoms with Crippen molar-refractivity contribution in [3.63, 3.8) is 0 Å². The van der Waals surface area contributed by atoms with E-state index in [0.717, 1.165) is 0 Å². The molecule has 0 N–H and O–H groups in total. The highest BCUT2D eigenvalue weighted by Crippen LogP contribution is 2.25. The summed E-state index contributed by atoms with van der Waals surface area (Å²) in [4.78, 5) is 2.92. The third kappa shape index (κ3) is 33.8. The van der Waals surface area contributed by atoms with E-state index < -0.39 is 0 Å². The molecular formula is C45H93N. The molecule has 0 aromatic rings. The minimum Gasteiger partial charge on any atom is -0.298 e. The maximum Gasteiger partial charge on any atom is 0.0153 e. The molecule has 0 spiro atoms. The van der Waals surface area contributed by atoms with Gasteiger partial charge >= 0.3 is 0 Å². The Kier molecular flexibility index (Phi) is 37.7. The lowest BCUT2D eigenvalue weighted by Gasteiger charge is -2.39. The third-order valence-corrected chi connectivity index (χ3v) is 11.1. The van der Waals surface area contributed by atoms with Gasteiger partial charge in [-0.25, -0.2) is 0 Å². The number of nitrogens with zero attached hydrogens (tertiary/aromatic N) is 1. The van der Waals surface area contributed by atoms with E-state index >= 15 is 0 Å². The number of rotatable bonds is 40. The van der Waals surface area contributed by atoms with Crippen molar-refractivity contribution in [2.45, 2.75) is 278 Å². The Morgan fingerprint density at radius 3 is 0.696 bits per heavy atom. The molecule has 0 aromatic carbocycles. The van der Waals surface area contributed by atoms with Crippen molar-refractivity contribution in [1.82, 2.24) is 4.90 Å². The molecule has 0 heterocycles. The van der Waals surface area contributed by atoms with Crippen LogP contribution in [0.2, 0.25) is 0 Å². The Morgan fingerprint density at radius 2 is 0.457 bits per heavy atom. The Hall–Kier alpha value is -0.0400. The summed E-state index contributed by atoms with van der Waals surface area (Å²) < 4.78 is 0. The third-order valence-electron chi connectivity index (χ3n) is 11.1. The molecule has 0 aliphatic carbocycles. The first-order valence-corrected chi connectivity index (χ1v) is 22.3. The topological polar surface area (TPSA) is 3.24 Å². The van der Waals surface area contributed by atoms with Gasteiger partial charge in [-0.1, -0.05) is 239 Å². The van der Waals surface area contributed by atoms with E-state index in [-0.39, 0.29) is 0 Å². The Balaban J connectivity index is 4.06. The van der Waals surface area contributed by atoms with Gasteiger partial charge in [0, 0.05) is 5.54 Å². The molecule has 0 saturated heterocycles. The van der Waals surface area contributed by atoms with Crippen LogP contribution in [-0.4, -0.2) is 23.5 Å². The van der Waals surface area contributed by atoms with Gasteiger partial charge in [0.2, 0.25) is 0 Å². The predicted octanol–water partition coefficient (Wildman–Crippen LogP) is 16.6. The van der Waals surface area contributed by atoms with Gasteiger partial charge in [-0.2, -0.15) is 0 Å². The van der Waals surface area contributed by atoms with Gasteiger partial charge in [-0.3, -0.25) is 4.90 Å². The van der Waals surface area contributed by atoms with Crippen molar-refractivity contribution < 1.29 is 0 Å². The largest absolute Gasteiger partial charge is 0.298 e. The van der Waals surface area contributed by atoms with Crippen molar-refractivity contribution >= 4 is 0 Å². The standard InChI is InChI=1S/C45H93N/c1-6-9-12-15-18-20-22-24-26-28-30-32-34-37-40-43-46(45(4,5)42-39-36-17-14-11-8-3)44-41-38-35-33-31-29-27-25-23-21-19-16-13-10-7-2/h6-44H2,1-5H3. The summed E-state index contributed by atoms with van der Waals surface area (Å²) in [6, 6.07) is 0. The lowest BCUT2D eigenvalue weighted by atomic mass is 9.93. The van der Waals surface area contributed by atoms with Crippen molar-refractivity contribution in [2.24, 2.45) is 0 Å². The van der Waals surface area contributed by atoms with Gasteiger partial charge in [-0.05, 0) is 46.2 Å². The summed E-state index contributed by atoms with van der Waals surface area (Å²) in [5.74, 6) is 0. The number of unbranched alkanes of at least 4 members (excludes halogenated alkanes) is 33. The van der Waals surface area contributed by atoms with Gasteiger partial charge in [0.15, 0.2) is 0 Å². The molecule has 0 aromatic heterocycles. The summed E-state index contributed by atoms with van der Waals surface area (Å²) in [6.45, 7) is 14.8. The van der Waals surface area contributed by atoms with E-state index in [1.165, 1.54) is 251 Å². The molecule has 0 aliphatic heterocycles. The van der Waals surface area contributed by atoms with Crippen LogP contribution in [0.3, 0.4) is 0 Å². The normalized spacial score (nSPS) is 12.1. The monoisotopic (exact) mass is 648 g/mol. The van der Waals surface area contributed by atoms with E-state index in [0.29, 0.717) is 5.54 Å². The van der Waals surface area contributed by atoms with Crippen LogP contribution in [0.4, 0.5) is 0 Å². The second kappa shape index (κ2) is 37.8. The number of hydrogen-bond donors (Lipinski definition) is 0. The van der Waals surface area contributed by atoms with E-state index in [9.17, 15) is 0 Å². The summed E-state index contributed by atoms with van der Waals surface area (Å²) in [7, 11) is 0. The molecule has 0 radical (unpaired) electrons. The van der Waals surface area contributed by atoms with Gasteiger partial charge < -0.3 is 0 Å². The summed E-state index contributed by atoms with van der Waals surface area (Å²) in [5, 5.41) is 0. The molecule has 1 nitrogen and oxygen atoms in total. The van der Waals surface area contributed by atoms with Crippen LogP contribution in [0, 0.1) is 0 Å². The molecule has 0 rings (SSSR count). The zero-order valence-electron chi connectivity index (χ0n) is 33.5. The lowest BCUT2D eigenvalue weighted by Crippen LogP contribution is -2.45. The molecule has 0 amide bonds. The van der Waals surface area contributed by atoms with E-state index in [1.54, 1.807) is 0 Å². The van der Waals surface area contributed by atoms with Crippen molar-refractivity contribution in [3.8, 4) is 0 Å². The summed E-state index contributed by atoms with van der Waals surface area (Å²) >= 11 is 0. The molecule has 46 heavy (non-hydrogen) atoms. The predicted molar refractivity (Wildman–Crippen MR) is 214 cm³/mol. The molecule has 1 heteroatoms. The highest BCUT2D eigenvalue weighted by molar-refractivity contribution is 4.81. The van der Waals surface area contributed by atoms with Gasteiger partial charge in [0.1, 0.15) is 0 Å². The van der Waals surface area contributed by atoms with Crippen LogP contribution in [0.5, 0.6) is 0 Å². The highest BCUT2D eigenvalue weighted by atomic mass is 15.2. The Bertz CT molecular complexity index is 505. The van der Waals surface area contributed by atoms with Crippen LogP contribution in [0.15, 0.2) is 0 Å². The van der Waals surface area contributed by atoms with Crippen molar-refractivity contribution in [3.05, 3.63) is 0 Å². The zero-order valence-corrected chi connectivity index (χ0v) is 33.5. The highest BCUT2D eigenvalue weighted by Gasteiger charge is 2.25. The summed E-state index contributed by atoms with van der Waals surface area (Å²) in [5.41, 5.74) is 0.372. The first kappa shape index (κ1) is 46.0. The maximum atomic E-state index is 2.92. The second-order valence-corrected chi connectivity index (χ2v) is 16.2. The molecule has 0 saturated carbocycles. The average molecular weight is 648 g/mol. The number of hydrogen-bond acceptors (Lipinski definition) is 1. The summed E-state index contributed by atoms with van der Waals surface area (Å²) in [6.07, 6.45) is 53.7. The fourth-order valence-electron chi connectivity index (χ4n) is 7.56. The lowest BCUT2D eigenvalue weighted by molar-refractivity contribution is 0.102. The minimum absolute atomic E-state index is 0.372.